The fourth-order valence-electron chi connectivity index (χ4n) is 3.24. The van der Waals surface area contributed by atoms with Crippen LogP contribution in [0.3, 0.4) is 0 Å². The number of aromatic nitrogens is 2. The number of anilines is 1. The highest BCUT2D eigenvalue weighted by Crippen LogP contribution is 2.25. The topological polar surface area (TPSA) is 49.3 Å². The van der Waals surface area contributed by atoms with Crippen LogP contribution in [0.4, 0.5) is 5.95 Å². The molecular weight excluding hydrogens is 264 g/mol. The monoisotopic (exact) mass is 288 g/mol. The van der Waals surface area contributed by atoms with E-state index in [1.54, 1.807) is 6.20 Å². The fourth-order valence-corrected chi connectivity index (χ4v) is 3.24. The van der Waals surface area contributed by atoms with E-state index in [-0.39, 0.29) is 5.91 Å². The highest BCUT2D eigenvalue weighted by molar-refractivity contribution is 5.97. The van der Waals surface area contributed by atoms with E-state index in [9.17, 15) is 4.79 Å². The molecule has 2 aliphatic heterocycles. The van der Waals surface area contributed by atoms with Gasteiger partial charge in [-0.1, -0.05) is 20.8 Å². The average molecular weight is 288 g/mol. The van der Waals surface area contributed by atoms with Crippen molar-refractivity contribution in [3.8, 4) is 0 Å². The molecule has 114 valence electrons. The van der Waals surface area contributed by atoms with E-state index in [2.05, 4.69) is 35.6 Å². The van der Waals surface area contributed by atoms with Gasteiger partial charge in [-0.05, 0) is 24.7 Å². The Kier molecular flexibility index (Phi) is 3.83. The van der Waals surface area contributed by atoms with Crippen LogP contribution in [-0.2, 0) is 6.54 Å². The van der Waals surface area contributed by atoms with Crippen molar-refractivity contribution in [2.45, 2.75) is 40.2 Å². The van der Waals surface area contributed by atoms with Crippen LogP contribution < -0.4 is 4.90 Å². The molecule has 5 heteroatoms. The molecule has 21 heavy (non-hydrogen) atoms. The van der Waals surface area contributed by atoms with Crippen molar-refractivity contribution in [2.24, 2.45) is 11.8 Å². The van der Waals surface area contributed by atoms with E-state index in [0.29, 0.717) is 23.9 Å². The van der Waals surface area contributed by atoms with Crippen LogP contribution in [0.25, 0.3) is 0 Å². The number of hydrogen-bond donors (Lipinski definition) is 0. The number of fused-ring (bicyclic) bond motifs is 1. The first-order chi connectivity index (χ1) is 10.0. The van der Waals surface area contributed by atoms with E-state index in [1.807, 2.05) is 4.90 Å². The van der Waals surface area contributed by atoms with Crippen LogP contribution in [0.5, 0.6) is 0 Å². The zero-order valence-corrected chi connectivity index (χ0v) is 13.2. The maximum Gasteiger partial charge on any atom is 0.257 e. The molecule has 5 nitrogen and oxygen atoms in total. The van der Waals surface area contributed by atoms with Crippen molar-refractivity contribution in [2.75, 3.05) is 24.5 Å². The highest BCUT2D eigenvalue weighted by Gasteiger charge is 2.30. The quantitative estimate of drug-likeness (QED) is 0.856. The van der Waals surface area contributed by atoms with Gasteiger partial charge >= 0.3 is 0 Å². The van der Waals surface area contributed by atoms with Crippen LogP contribution in [0.1, 0.15) is 49.7 Å². The van der Waals surface area contributed by atoms with E-state index in [1.165, 1.54) is 12.8 Å². The second-order valence-electron chi connectivity index (χ2n) is 6.80. The lowest BCUT2D eigenvalue weighted by Gasteiger charge is -2.30. The number of rotatable bonds is 3. The van der Waals surface area contributed by atoms with Gasteiger partial charge in [-0.25, -0.2) is 9.97 Å². The number of amides is 1. The van der Waals surface area contributed by atoms with E-state index < -0.39 is 0 Å². The minimum Gasteiger partial charge on any atom is -0.341 e. The van der Waals surface area contributed by atoms with Crippen molar-refractivity contribution in [1.82, 2.24) is 14.9 Å². The first-order valence-electron chi connectivity index (χ1n) is 7.94. The third-order valence-corrected chi connectivity index (χ3v) is 4.24. The molecule has 0 unspecified atom stereocenters. The molecule has 0 saturated carbocycles. The second-order valence-corrected chi connectivity index (χ2v) is 6.80. The molecule has 2 aliphatic rings. The van der Waals surface area contributed by atoms with Gasteiger partial charge in [0.15, 0.2) is 0 Å². The maximum absolute atomic E-state index is 12.3. The minimum absolute atomic E-state index is 0.0808. The predicted molar refractivity (Wildman–Crippen MR) is 82.2 cm³/mol. The number of hydrogen-bond acceptors (Lipinski definition) is 4. The summed E-state index contributed by atoms with van der Waals surface area (Å²) in [4.78, 5) is 25.6. The summed E-state index contributed by atoms with van der Waals surface area (Å²) in [5, 5.41) is 0. The van der Waals surface area contributed by atoms with Crippen molar-refractivity contribution in [3.05, 3.63) is 17.5 Å². The lowest BCUT2D eigenvalue weighted by molar-refractivity contribution is 0.0759. The largest absolute Gasteiger partial charge is 0.341 e. The van der Waals surface area contributed by atoms with Gasteiger partial charge < -0.3 is 9.80 Å². The zero-order chi connectivity index (χ0) is 15.0. The third-order valence-electron chi connectivity index (χ3n) is 4.24. The average Bonchev–Trinajstić information content (AvgIpc) is 2.74. The first kappa shape index (κ1) is 14.3. The molecule has 3 rings (SSSR count). The van der Waals surface area contributed by atoms with Crippen LogP contribution in [0, 0.1) is 11.8 Å². The summed E-state index contributed by atoms with van der Waals surface area (Å²) in [6.07, 6.45) is 4.20. The number of piperidine rings is 1. The molecule has 0 spiro atoms. The molecule has 1 amide bonds. The summed E-state index contributed by atoms with van der Waals surface area (Å²) in [7, 11) is 0. The zero-order valence-electron chi connectivity index (χ0n) is 13.2. The number of nitrogens with zero attached hydrogens (tertiary/aromatic N) is 4. The molecule has 1 aromatic heterocycles. The molecule has 1 saturated heterocycles. The van der Waals surface area contributed by atoms with Gasteiger partial charge in [-0.2, -0.15) is 0 Å². The molecule has 1 atom stereocenters. The summed E-state index contributed by atoms with van der Waals surface area (Å²) in [5.74, 6) is 2.03. The Balaban J connectivity index is 1.79. The molecule has 0 radical (unpaired) electrons. The van der Waals surface area contributed by atoms with Crippen LogP contribution in [0.15, 0.2) is 6.20 Å². The molecule has 3 heterocycles. The lowest BCUT2D eigenvalue weighted by Crippen LogP contribution is -2.35. The van der Waals surface area contributed by atoms with Crippen molar-refractivity contribution in [3.63, 3.8) is 0 Å². The maximum atomic E-state index is 12.3. The molecule has 0 bridgehead atoms. The second kappa shape index (κ2) is 5.62. The summed E-state index contributed by atoms with van der Waals surface area (Å²) < 4.78 is 0. The van der Waals surface area contributed by atoms with Gasteiger partial charge in [-0.15, -0.1) is 0 Å². The van der Waals surface area contributed by atoms with Crippen molar-refractivity contribution < 1.29 is 4.79 Å². The molecule has 0 N–H and O–H groups in total. The van der Waals surface area contributed by atoms with Crippen LogP contribution in [-0.4, -0.2) is 40.4 Å². The predicted octanol–water partition coefficient (Wildman–Crippen LogP) is 2.32. The molecule has 0 aromatic carbocycles. The summed E-state index contributed by atoms with van der Waals surface area (Å²) in [5.41, 5.74) is 1.58. The van der Waals surface area contributed by atoms with Gasteiger partial charge in [0, 0.05) is 25.8 Å². The summed E-state index contributed by atoms with van der Waals surface area (Å²) >= 11 is 0. The first-order valence-corrected chi connectivity index (χ1v) is 7.94. The molecule has 0 aliphatic carbocycles. The van der Waals surface area contributed by atoms with E-state index in [4.69, 9.17) is 0 Å². The highest BCUT2D eigenvalue weighted by atomic mass is 16.2. The summed E-state index contributed by atoms with van der Waals surface area (Å²) in [6.45, 7) is 9.98. The Bertz CT molecular complexity index is 543. The fraction of sp³-hybridized carbons (Fsp3) is 0.688. The number of carbonyl (C=O) groups is 1. The standard InChI is InChI=1S/C16H24N4O/c1-11(2)8-20-10-14-13(15(20)21)7-17-16(18-14)19-6-4-5-12(3)9-19/h7,11-12H,4-6,8-10H2,1-3H3/t12-/m0/s1. The van der Waals surface area contributed by atoms with Gasteiger partial charge in [0.05, 0.1) is 17.8 Å². The number of carbonyl (C=O) groups excluding carboxylic acids is 1. The molecular formula is C16H24N4O. The Labute approximate surface area is 126 Å². The van der Waals surface area contributed by atoms with Gasteiger partial charge in [0.1, 0.15) is 0 Å². The Morgan fingerprint density at radius 1 is 1.43 bits per heavy atom. The van der Waals surface area contributed by atoms with Gasteiger partial charge in [-0.3, -0.25) is 4.79 Å². The minimum atomic E-state index is 0.0808. The van der Waals surface area contributed by atoms with Crippen LogP contribution >= 0.6 is 0 Å². The van der Waals surface area contributed by atoms with Gasteiger partial charge in [0.25, 0.3) is 5.91 Å². The Morgan fingerprint density at radius 2 is 2.24 bits per heavy atom. The summed E-state index contributed by atoms with van der Waals surface area (Å²) in [6, 6.07) is 0. The SMILES string of the molecule is CC(C)CN1Cc2nc(N3CCC[C@H](C)C3)ncc2C1=O. The lowest BCUT2D eigenvalue weighted by atomic mass is 10.0. The Morgan fingerprint density at radius 3 is 2.95 bits per heavy atom. The smallest absolute Gasteiger partial charge is 0.257 e. The third kappa shape index (κ3) is 2.87. The van der Waals surface area contributed by atoms with Gasteiger partial charge in [0.2, 0.25) is 5.95 Å². The molecule has 1 fully saturated rings. The van der Waals surface area contributed by atoms with Crippen molar-refractivity contribution >= 4 is 11.9 Å². The van der Waals surface area contributed by atoms with E-state index in [0.717, 1.165) is 31.3 Å². The van der Waals surface area contributed by atoms with Crippen LogP contribution in [0.2, 0.25) is 0 Å². The van der Waals surface area contributed by atoms with Crippen molar-refractivity contribution in [1.29, 1.82) is 0 Å². The van der Waals surface area contributed by atoms with E-state index >= 15 is 0 Å². The normalized spacial score (nSPS) is 22.1. The Hall–Kier alpha value is -1.65. The molecule has 1 aromatic rings.